The van der Waals surface area contributed by atoms with Crippen LogP contribution >= 0.6 is 23.2 Å². The molecule has 2 rings (SSSR count). The second kappa shape index (κ2) is 5.23. The van der Waals surface area contributed by atoms with Crippen LogP contribution in [0.1, 0.15) is 11.3 Å². The SMILES string of the molecule is Cc1[nH]nc(NS(=O)(=O)c2ccc(Cl)c(F)c2Cl)c1C. The van der Waals surface area contributed by atoms with Gasteiger partial charge >= 0.3 is 0 Å². The number of hydrogen-bond donors (Lipinski definition) is 2. The molecule has 0 fully saturated rings. The molecule has 0 spiro atoms. The smallest absolute Gasteiger partial charge is 0.264 e. The Morgan fingerprint density at radius 1 is 1.30 bits per heavy atom. The van der Waals surface area contributed by atoms with Gasteiger partial charge in [0.05, 0.1) is 10.0 Å². The third-order valence-corrected chi connectivity index (χ3v) is 4.93. The quantitative estimate of drug-likeness (QED) is 0.844. The fraction of sp³-hybridized carbons (Fsp3) is 0.182. The van der Waals surface area contributed by atoms with Gasteiger partial charge in [0, 0.05) is 11.3 Å². The number of anilines is 1. The van der Waals surface area contributed by atoms with E-state index in [1.165, 1.54) is 0 Å². The normalized spacial score (nSPS) is 11.7. The summed E-state index contributed by atoms with van der Waals surface area (Å²) in [6.45, 7) is 3.44. The maximum atomic E-state index is 13.6. The lowest BCUT2D eigenvalue weighted by Crippen LogP contribution is -2.15. The van der Waals surface area contributed by atoms with E-state index in [-0.39, 0.29) is 10.8 Å². The number of sulfonamides is 1. The van der Waals surface area contributed by atoms with Crippen molar-refractivity contribution in [1.82, 2.24) is 10.2 Å². The third kappa shape index (κ3) is 2.61. The van der Waals surface area contributed by atoms with Gasteiger partial charge in [-0.2, -0.15) is 5.10 Å². The Hall–Kier alpha value is -1.31. The van der Waals surface area contributed by atoms with Crippen molar-refractivity contribution in [2.45, 2.75) is 18.7 Å². The highest BCUT2D eigenvalue weighted by Gasteiger charge is 2.23. The van der Waals surface area contributed by atoms with E-state index in [1.807, 2.05) is 0 Å². The van der Waals surface area contributed by atoms with Crippen molar-refractivity contribution in [3.8, 4) is 0 Å². The molecule has 0 aliphatic carbocycles. The van der Waals surface area contributed by atoms with Crippen LogP contribution in [0.2, 0.25) is 10.0 Å². The number of nitrogens with zero attached hydrogens (tertiary/aromatic N) is 1. The lowest BCUT2D eigenvalue weighted by Gasteiger charge is -2.09. The number of H-pyrrole nitrogens is 1. The van der Waals surface area contributed by atoms with Crippen molar-refractivity contribution < 1.29 is 12.8 Å². The van der Waals surface area contributed by atoms with Crippen LogP contribution in [0, 0.1) is 19.7 Å². The highest BCUT2D eigenvalue weighted by Crippen LogP contribution is 2.30. The molecule has 0 atom stereocenters. The van der Waals surface area contributed by atoms with Gasteiger partial charge in [0.1, 0.15) is 4.90 Å². The van der Waals surface area contributed by atoms with Crippen LogP contribution in [0.4, 0.5) is 10.2 Å². The first kappa shape index (κ1) is 15.1. The zero-order chi connectivity index (χ0) is 15.1. The van der Waals surface area contributed by atoms with Crippen LogP contribution in [0.3, 0.4) is 0 Å². The highest BCUT2D eigenvalue weighted by atomic mass is 35.5. The van der Waals surface area contributed by atoms with Crippen molar-refractivity contribution in [3.05, 3.63) is 39.3 Å². The summed E-state index contributed by atoms with van der Waals surface area (Å²) in [5.74, 6) is -0.847. The Kier molecular flexibility index (Phi) is 3.95. The molecule has 9 heteroatoms. The van der Waals surface area contributed by atoms with Gasteiger partial charge in [0.25, 0.3) is 10.0 Å². The standard InChI is InChI=1S/C11H10Cl2FN3O2S/c1-5-6(2)15-16-11(5)17-20(18,19)8-4-3-7(12)10(14)9(8)13/h3-4H,1-2H3,(H2,15,16,17). The molecular formula is C11H10Cl2FN3O2S. The summed E-state index contributed by atoms with van der Waals surface area (Å²) in [4.78, 5) is -0.402. The van der Waals surface area contributed by atoms with E-state index in [9.17, 15) is 12.8 Å². The molecule has 0 saturated heterocycles. The molecule has 0 bridgehead atoms. The van der Waals surface area contributed by atoms with Crippen LogP contribution in [0.15, 0.2) is 17.0 Å². The molecule has 108 valence electrons. The van der Waals surface area contributed by atoms with Gasteiger partial charge in [-0.05, 0) is 26.0 Å². The minimum Gasteiger partial charge on any atom is -0.280 e. The third-order valence-electron chi connectivity index (χ3n) is 2.77. The molecule has 0 aliphatic rings. The summed E-state index contributed by atoms with van der Waals surface area (Å²) in [7, 11) is -4.06. The molecule has 2 N–H and O–H groups in total. The van der Waals surface area contributed by atoms with Crippen LogP contribution in [-0.4, -0.2) is 18.6 Å². The van der Waals surface area contributed by atoms with E-state index in [0.29, 0.717) is 5.56 Å². The van der Waals surface area contributed by atoms with Crippen LogP contribution < -0.4 is 4.72 Å². The Morgan fingerprint density at radius 2 is 1.95 bits per heavy atom. The molecule has 1 heterocycles. The lowest BCUT2D eigenvalue weighted by molar-refractivity contribution is 0.595. The largest absolute Gasteiger partial charge is 0.280 e. The van der Waals surface area contributed by atoms with Crippen LogP contribution in [0.5, 0.6) is 0 Å². The Balaban J connectivity index is 2.46. The average molecular weight is 338 g/mol. The molecule has 0 radical (unpaired) electrons. The number of aryl methyl sites for hydroxylation is 1. The fourth-order valence-corrected chi connectivity index (χ4v) is 3.29. The van der Waals surface area contributed by atoms with Crippen LogP contribution in [0.25, 0.3) is 0 Å². The Morgan fingerprint density at radius 3 is 2.50 bits per heavy atom. The van der Waals surface area contributed by atoms with Crippen molar-refractivity contribution in [3.63, 3.8) is 0 Å². The van der Waals surface area contributed by atoms with E-state index in [2.05, 4.69) is 14.9 Å². The van der Waals surface area contributed by atoms with Crippen molar-refractivity contribution in [2.75, 3.05) is 4.72 Å². The first-order valence-electron chi connectivity index (χ1n) is 5.42. The molecule has 20 heavy (non-hydrogen) atoms. The topological polar surface area (TPSA) is 74.8 Å². The lowest BCUT2D eigenvalue weighted by atomic mass is 10.3. The van der Waals surface area contributed by atoms with Crippen molar-refractivity contribution >= 4 is 39.0 Å². The van der Waals surface area contributed by atoms with Gasteiger partial charge in [-0.25, -0.2) is 12.8 Å². The molecule has 0 unspecified atom stereocenters. The van der Waals surface area contributed by atoms with E-state index < -0.39 is 25.8 Å². The molecular weight excluding hydrogens is 328 g/mol. The summed E-state index contributed by atoms with van der Waals surface area (Å²) >= 11 is 11.2. The van der Waals surface area contributed by atoms with Gasteiger partial charge in [-0.1, -0.05) is 23.2 Å². The maximum Gasteiger partial charge on any atom is 0.264 e. The van der Waals surface area contributed by atoms with E-state index >= 15 is 0 Å². The Labute approximate surface area is 125 Å². The number of hydrogen-bond acceptors (Lipinski definition) is 3. The molecule has 5 nitrogen and oxygen atoms in total. The van der Waals surface area contributed by atoms with Gasteiger partial charge in [0.2, 0.25) is 0 Å². The summed E-state index contributed by atoms with van der Waals surface area (Å²) < 4.78 is 40.2. The van der Waals surface area contributed by atoms with E-state index in [0.717, 1.165) is 17.8 Å². The number of benzene rings is 1. The minimum absolute atomic E-state index is 0.133. The zero-order valence-corrected chi connectivity index (χ0v) is 12.8. The van der Waals surface area contributed by atoms with Gasteiger partial charge < -0.3 is 0 Å². The predicted octanol–water partition coefficient (Wildman–Crippen LogP) is 3.27. The van der Waals surface area contributed by atoms with Crippen molar-refractivity contribution in [2.24, 2.45) is 0 Å². The first-order valence-corrected chi connectivity index (χ1v) is 7.66. The predicted molar refractivity (Wildman–Crippen MR) is 75.3 cm³/mol. The Bertz CT molecular complexity index is 774. The number of aromatic amines is 1. The van der Waals surface area contributed by atoms with Crippen molar-refractivity contribution in [1.29, 1.82) is 0 Å². The molecule has 1 aromatic carbocycles. The van der Waals surface area contributed by atoms with Gasteiger partial charge in [-0.15, -0.1) is 0 Å². The molecule has 2 aromatic rings. The summed E-state index contributed by atoms with van der Waals surface area (Å²) in [5, 5.41) is 5.65. The number of rotatable bonds is 3. The summed E-state index contributed by atoms with van der Waals surface area (Å²) in [6, 6.07) is 2.25. The zero-order valence-electron chi connectivity index (χ0n) is 10.5. The average Bonchev–Trinajstić information content (AvgIpc) is 2.67. The van der Waals surface area contributed by atoms with Gasteiger partial charge in [0.15, 0.2) is 11.6 Å². The number of nitrogens with one attached hydrogen (secondary N) is 2. The van der Waals surface area contributed by atoms with Gasteiger partial charge in [-0.3, -0.25) is 9.82 Å². The van der Waals surface area contributed by atoms with E-state index in [1.54, 1.807) is 13.8 Å². The highest BCUT2D eigenvalue weighted by molar-refractivity contribution is 7.92. The second-order valence-corrected chi connectivity index (χ2v) is 6.54. The monoisotopic (exact) mass is 337 g/mol. The maximum absolute atomic E-state index is 13.6. The van der Waals surface area contributed by atoms with E-state index in [4.69, 9.17) is 23.2 Å². The molecule has 0 aliphatic heterocycles. The molecule has 1 aromatic heterocycles. The number of halogens is 3. The first-order chi connectivity index (χ1) is 9.24. The summed E-state index contributed by atoms with van der Waals surface area (Å²) in [6.07, 6.45) is 0. The molecule has 0 amide bonds. The fourth-order valence-electron chi connectivity index (χ4n) is 1.48. The second-order valence-electron chi connectivity index (χ2n) is 4.10. The number of aromatic nitrogens is 2. The minimum atomic E-state index is -4.06. The summed E-state index contributed by atoms with van der Waals surface area (Å²) in [5.41, 5.74) is 1.36. The molecule has 0 saturated carbocycles. The van der Waals surface area contributed by atoms with Crippen LogP contribution in [-0.2, 0) is 10.0 Å².